The smallest absolute Gasteiger partial charge is 0.193 e. The minimum Gasteiger partial charge on any atom is -0.406 e. The number of hydrogen-bond donors (Lipinski definition) is 0. The Labute approximate surface area is 116 Å². The van der Waals surface area contributed by atoms with Crippen LogP contribution in [0.2, 0.25) is 23.2 Å². The Hall–Kier alpha value is -0.383. The van der Waals surface area contributed by atoms with Gasteiger partial charge in [0.15, 0.2) is 8.32 Å². The minimum absolute atomic E-state index is 0.207. The van der Waals surface area contributed by atoms with Crippen LogP contribution in [0.4, 0.5) is 0 Å². The van der Waals surface area contributed by atoms with E-state index in [9.17, 15) is 0 Å². The van der Waals surface area contributed by atoms with Gasteiger partial charge in [0.25, 0.3) is 0 Å². The summed E-state index contributed by atoms with van der Waals surface area (Å²) in [5.41, 5.74) is 0.720. The van der Waals surface area contributed by atoms with Crippen LogP contribution < -0.4 is 0 Å². The molecule has 18 heavy (non-hydrogen) atoms. The third-order valence-corrected chi connectivity index (χ3v) is 8.97. The third kappa shape index (κ3) is 2.49. The molecule has 2 nitrogen and oxygen atoms in total. The van der Waals surface area contributed by atoms with E-state index in [0.29, 0.717) is 0 Å². The first-order valence-electron chi connectivity index (χ1n) is 6.49. The second kappa shape index (κ2) is 4.32. The maximum Gasteiger partial charge on any atom is 0.193 e. The summed E-state index contributed by atoms with van der Waals surface area (Å²) in [7, 11) is -1.78. The molecule has 1 aliphatic rings. The fraction of sp³-hybridized carbons (Fsp3) is 0.643. The second-order valence-corrected chi connectivity index (χ2v) is 11.8. The highest BCUT2D eigenvalue weighted by atomic mass is 35.5. The maximum absolute atomic E-state index is 6.56. The summed E-state index contributed by atoms with van der Waals surface area (Å²) in [6.45, 7) is 11.3. The number of hydrogen-bond acceptors (Lipinski definition) is 2. The molecule has 0 aliphatic heterocycles. The highest BCUT2D eigenvalue weighted by Crippen LogP contribution is 2.54. The first kappa shape index (κ1) is 14.0. The van der Waals surface area contributed by atoms with E-state index in [0.717, 1.165) is 23.6 Å². The Bertz CT molecular complexity index is 449. The van der Waals surface area contributed by atoms with E-state index in [1.54, 1.807) is 6.20 Å². The molecule has 0 atom stereocenters. The van der Waals surface area contributed by atoms with Crippen LogP contribution in [0.5, 0.6) is 0 Å². The zero-order valence-corrected chi connectivity index (χ0v) is 13.6. The molecule has 2 rings (SSSR count). The Morgan fingerprint density at radius 1 is 1.33 bits per heavy atom. The molecular weight excluding hydrogens is 262 g/mol. The Morgan fingerprint density at radius 2 is 1.94 bits per heavy atom. The van der Waals surface area contributed by atoms with Crippen molar-refractivity contribution in [2.24, 2.45) is 0 Å². The average molecular weight is 284 g/mol. The molecule has 0 unspecified atom stereocenters. The van der Waals surface area contributed by atoms with Gasteiger partial charge in [-0.2, -0.15) is 0 Å². The fourth-order valence-corrected chi connectivity index (χ4v) is 3.74. The van der Waals surface area contributed by atoms with Gasteiger partial charge in [-0.25, -0.2) is 0 Å². The predicted molar refractivity (Wildman–Crippen MR) is 78.4 cm³/mol. The lowest BCUT2D eigenvalue weighted by atomic mass is 10.2. The predicted octanol–water partition coefficient (Wildman–Crippen LogP) is 4.75. The van der Waals surface area contributed by atoms with Gasteiger partial charge in [0.1, 0.15) is 5.60 Å². The van der Waals surface area contributed by atoms with Gasteiger partial charge in [0, 0.05) is 6.20 Å². The van der Waals surface area contributed by atoms with Gasteiger partial charge in [0.2, 0.25) is 0 Å². The van der Waals surface area contributed by atoms with E-state index < -0.39 is 8.32 Å². The van der Waals surface area contributed by atoms with Crippen molar-refractivity contribution in [1.29, 1.82) is 0 Å². The van der Waals surface area contributed by atoms with Crippen molar-refractivity contribution in [3.8, 4) is 0 Å². The molecular formula is C14H22ClNOSi. The summed E-state index contributed by atoms with van der Waals surface area (Å²) in [5.74, 6) is 0. The molecule has 0 amide bonds. The van der Waals surface area contributed by atoms with E-state index in [1.165, 1.54) is 0 Å². The van der Waals surface area contributed by atoms with Crippen molar-refractivity contribution in [3.05, 3.63) is 29.0 Å². The molecule has 1 aromatic heterocycles. The zero-order valence-electron chi connectivity index (χ0n) is 11.9. The summed E-state index contributed by atoms with van der Waals surface area (Å²) in [6.07, 6.45) is 3.88. The van der Waals surface area contributed by atoms with E-state index in [1.807, 2.05) is 12.1 Å². The lowest BCUT2D eigenvalue weighted by molar-refractivity contribution is 0.154. The molecule has 1 heterocycles. The SMILES string of the molecule is CC(C)(C)[Si](C)(C)OC1(c2ncccc2Cl)CC1. The quantitative estimate of drug-likeness (QED) is 0.747. The number of nitrogens with zero attached hydrogens (tertiary/aromatic N) is 1. The van der Waals surface area contributed by atoms with Crippen molar-refractivity contribution in [1.82, 2.24) is 4.98 Å². The highest BCUT2D eigenvalue weighted by molar-refractivity contribution is 6.74. The van der Waals surface area contributed by atoms with Gasteiger partial charge in [-0.15, -0.1) is 0 Å². The summed E-state index contributed by atoms with van der Waals surface area (Å²) in [4.78, 5) is 4.44. The van der Waals surface area contributed by atoms with Crippen LogP contribution in [0.15, 0.2) is 18.3 Å². The Kier molecular flexibility index (Phi) is 3.37. The van der Waals surface area contributed by atoms with E-state index in [2.05, 4.69) is 38.8 Å². The monoisotopic (exact) mass is 283 g/mol. The summed E-state index contributed by atoms with van der Waals surface area (Å²) in [6, 6.07) is 3.77. The average Bonchev–Trinajstić information content (AvgIpc) is 2.96. The number of pyridine rings is 1. The fourth-order valence-electron chi connectivity index (χ4n) is 1.86. The van der Waals surface area contributed by atoms with Crippen molar-refractivity contribution in [2.45, 2.75) is 57.3 Å². The largest absolute Gasteiger partial charge is 0.406 e. The molecule has 1 aromatic rings. The zero-order chi connectivity index (χ0) is 13.6. The van der Waals surface area contributed by atoms with Gasteiger partial charge < -0.3 is 4.43 Å². The summed E-state index contributed by atoms with van der Waals surface area (Å²) in [5, 5.41) is 0.942. The van der Waals surface area contributed by atoms with Crippen molar-refractivity contribution in [3.63, 3.8) is 0 Å². The van der Waals surface area contributed by atoms with Crippen LogP contribution in [-0.4, -0.2) is 13.3 Å². The number of rotatable bonds is 3. The molecule has 1 aliphatic carbocycles. The minimum atomic E-state index is -1.78. The van der Waals surface area contributed by atoms with Crippen molar-refractivity contribution >= 4 is 19.9 Å². The molecule has 1 fully saturated rings. The van der Waals surface area contributed by atoms with Gasteiger partial charge >= 0.3 is 0 Å². The van der Waals surface area contributed by atoms with Crippen LogP contribution in [0.1, 0.15) is 39.3 Å². The van der Waals surface area contributed by atoms with Crippen LogP contribution in [-0.2, 0) is 10.0 Å². The molecule has 0 radical (unpaired) electrons. The van der Waals surface area contributed by atoms with Crippen LogP contribution in [0.25, 0.3) is 0 Å². The van der Waals surface area contributed by atoms with Crippen LogP contribution in [0, 0.1) is 0 Å². The maximum atomic E-state index is 6.56. The third-order valence-electron chi connectivity index (χ3n) is 4.15. The van der Waals surface area contributed by atoms with E-state index in [4.69, 9.17) is 16.0 Å². The number of aromatic nitrogens is 1. The standard InChI is InChI=1S/C14H22ClNOSi/c1-13(2,3)18(4,5)17-14(8-9-14)12-11(15)7-6-10-16-12/h6-7,10H,8-9H2,1-5H3. The first-order chi connectivity index (χ1) is 8.18. The van der Waals surface area contributed by atoms with Crippen molar-refractivity contribution < 1.29 is 4.43 Å². The van der Waals surface area contributed by atoms with Gasteiger partial charge in [-0.05, 0) is 43.1 Å². The normalized spacial score (nSPS) is 18.8. The molecule has 0 bridgehead atoms. The van der Waals surface area contributed by atoms with E-state index >= 15 is 0 Å². The molecule has 1 saturated carbocycles. The first-order valence-corrected chi connectivity index (χ1v) is 9.78. The number of halogens is 1. The van der Waals surface area contributed by atoms with E-state index in [-0.39, 0.29) is 10.6 Å². The molecule has 100 valence electrons. The summed E-state index contributed by atoms with van der Waals surface area (Å²) >= 11 is 6.26. The second-order valence-electron chi connectivity index (χ2n) is 6.69. The van der Waals surface area contributed by atoms with Gasteiger partial charge in [-0.1, -0.05) is 32.4 Å². The van der Waals surface area contributed by atoms with Crippen molar-refractivity contribution in [2.75, 3.05) is 0 Å². The lowest BCUT2D eigenvalue weighted by Gasteiger charge is -2.39. The lowest BCUT2D eigenvalue weighted by Crippen LogP contribution is -2.44. The molecule has 0 N–H and O–H groups in total. The Morgan fingerprint density at radius 3 is 2.39 bits per heavy atom. The molecule has 0 aromatic carbocycles. The topological polar surface area (TPSA) is 22.1 Å². The molecule has 0 spiro atoms. The van der Waals surface area contributed by atoms with Gasteiger partial charge in [-0.3, -0.25) is 4.98 Å². The van der Waals surface area contributed by atoms with Crippen LogP contribution in [0.3, 0.4) is 0 Å². The molecule has 0 saturated heterocycles. The molecule has 4 heteroatoms. The summed E-state index contributed by atoms with van der Waals surface area (Å²) < 4.78 is 6.56. The van der Waals surface area contributed by atoms with Crippen LogP contribution >= 0.6 is 11.6 Å². The van der Waals surface area contributed by atoms with Gasteiger partial charge in [0.05, 0.1) is 10.7 Å². The highest BCUT2D eigenvalue weighted by Gasteiger charge is 2.54. The Balaban J connectivity index is 2.27.